The Hall–Kier alpha value is -2.41. The van der Waals surface area contributed by atoms with Crippen molar-refractivity contribution in [3.63, 3.8) is 0 Å². The number of halogens is 3. The first-order chi connectivity index (χ1) is 14.6. The number of aliphatic carboxylic acids is 1. The van der Waals surface area contributed by atoms with Crippen LogP contribution in [0.5, 0.6) is 0 Å². The molecule has 1 aliphatic rings. The van der Waals surface area contributed by atoms with E-state index < -0.39 is 51.8 Å². The maximum absolute atomic E-state index is 14.9. The monoisotopic (exact) mass is 562 g/mol. The van der Waals surface area contributed by atoms with Crippen LogP contribution in [-0.2, 0) is 4.79 Å². The quantitative estimate of drug-likeness (QED) is 0.394. The van der Waals surface area contributed by atoms with Crippen molar-refractivity contribution in [3.8, 4) is 0 Å². The molecule has 0 saturated carbocycles. The first kappa shape index (κ1) is 23.3. The van der Waals surface area contributed by atoms with Crippen molar-refractivity contribution in [2.24, 2.45) is 0 Å². The molecule has 2 aromatic carbocycles. The Morgan fingerprint density at radius 3 is 2.39 bits per heavy atom. The predicted molar refractivity (Wildman–Crippen MR) is 120 cm³/mol. The van der Waals surface area contributed by atoms with E-state index in [0.717, 1.165) is 3.57 Å². The number of aryl methyl sites for hydroxylation is 1. The Bertz CT molecular complexity index is 1090. The summed E-state index contributed by atoms with van der Waals surface area (Å²) in [5, 5.41) is 23.9. The van der Waals surface area contributed by atoms with Gasteiger partial charge in [0.05, 0.1) is 16.8 Å². The number of thioether (sulfide) groups is 1. The molecule has 1 atom stereocenters. The molecule has 31 heavy (non-hydrogen) atoms. The van der Waals surface area contributed by atoms with Crippen LogP contribution in [0, 0.1) is 22.1 Å². The number of hydrogen-bond acceptors (Lipinski definition) is 5. The molecule has 0 aromatic heterocycles. The zero-order chi connectivity index (χ0) is 22.9. The third-order valence-electron chi connectivity index (χ3n) is 4.91. The third-order valence-corrected chi connectivity index (χ3v) is 6.77. The van der Waals surface area contributed by atoms with Crippen LogP contribution in [0.1, 0.15) is 32.7 Å². The average molecular weight is 562 g/mol. The van der Waals surface area contributed by atoms with Gasteiger partial charge in [0.2, 0.25) is 0 Å². The van der Waals surface area contributed by atoms with E-state index in [1.165, 1.54) is 11.8 Å². The average Bonchev–Trinajstić information content (AvgIpc) is 3.17. The van der Waals surface area contributed by atoms with Crippen LogP contribution in [0.15, 0.2) is 24.3 Å². The van der Waals surface area contributed by atoms with Gasteiger partial charge in [0.1, 0.15) is 5.54 Å². The molecule has 7 nitrogen and oxygen atoms in total. The lowest BCUT2D eigenvalue weighted by Gasteiger charge is -2.25. The Balaban J connectivity index is 2.03. The summed E-state index contributed by atoms with van der Waals surface area (Å²) < 4.78 is 30.6. The van der Waals surface area contributed by atoms with Crippen molar-refractivity contribution in [1.29, 1.82) is 0 Å². The van der Waals surface area contributed by atoms with Crippen LogP contribution in [0.25, 0.3) is 0 Å². The number of carbonyl (C=O) groups excluding carboxylic acids is 1. The van der Waals surface area contributed by atoms with E-state index in [1.807, 2.05) is 0 Å². The van der Waals surface area contributed by atoms with Crippen LogP contribution >= 0.6 is 34.4 Å². The number of hydrogen-bond donors (Lipinski definition) is 4. The van der Waals surface area contributed by atoms with Gasteiger partial charge >= 0.3 is 11.9 Å². The maximum atomic E-state index is 14.9. The molecule has 1 saturated heterocycles. The van der Waals surface area contributed by atoms with E-state index in [0.29, 0.717) is 23.1 Å². The van der Waals surface area contributed by atoms with Crippen molar-refractivity contribution in [3.05, 3.63) is 56.2 Å². The van der Waals surface area contributed by atoms with Crippen molar-refractivity contribution < 1.29 is 33.4 Å². The van der Waals surface area contributed by atoms with E-state index in [4.69, 9.17) is 0 Å². The summed E-state index contributed by atoms with van der Waals surface area (Å²) in [5.74, 6) is -6.65. The molecule has 1 aliphatic heterocycles. The Kier molecular flexibility index (Phi) is 6.74. The fraction of sp³-hybridized carbons (Fsp3) is 0.250. The summed E-state index contributed by atoms with van der Waals surface area (Å²) in [6.45, 7) is 1.71. The van der Waals surface area contributed by atoms with E-state index in [-0.39, 0.29) is 12.2 Å². The topological polar surface area (TPSA) is 116 Å². The number of nitrogens with one attached hydrogen (secondary N) is 2. The van der Waals surface area contributed by atoms with Gasteiger partial charge in [-0.25, -0.2) is 18.4 Å². The molecule has 4 N–H and O–H groups in total. The zero-order valence-electron chi connectivity index (χ0n) is 16.1. The molecule has 1 fully saturated rings. The lowest BCUT2D eigenvalue weighted by molar-refractivity contribution is -0.143. The SMILES string of the molecule is Cc1cc(I)ccc1Nc1c(C(=O)O)cc(C(=O)NC2(C(=O)O)CCSC2)c(F)c1F. The second-order valence-electron chi connectivity index (χ2n) is 7.01. The summed E-state index contributed by atoms with van der Waals surface area (Å²) in [7, 11) is 0. The number of rotatable bonds is 6. The predicted octanol–water partition coefficient (Wildman–Crippen LogP) is 4.01. The first-order valence-electron chi connectivity index (χ1n) is 8.98. The number of amides is 1. The van der Waals surface area contributed by atoms with Gasteiger partial charge in [0, 0.05) is 15.0 Å². The van der Waals surface area contributed by atoms with Crippen LogP contribution in [-0.4, -0.2) is 45.1 Å². The fourth-order valence-corrected chi connectivity index (χ4v) is 5.13. The minimum atomic E-state index is -1.62. The highest BCUT2D eigenvalue weighted by Crippen LogP contribution is 2.32. The van der Waals surface area contributed by atoms with Gasteiger partial charge in [-0.15, -0.1) is 0 Å². The molecule has 1 unspecified atom stereocenters. The standard InChI is InChI=1S/C20H17F2IN2O5S/c1-9-6-10(23)2-3-13(9)24-16-12(18(27)28)7-11(14(21)15(16)22)17(26)25-20(19(29)30)4-5-31-8-20/h2-3,6-7,24H,4-5,8H2,1H3,(H,25,26)(H,27,28)(H,29,30). The highest BCUT2D eigenvalue weighted by atomic mass is 127. The molecule has 11 heteroatoms. The highest BCUT2D eigenvalue weighted by Gasteiger charge is 2.44. The summed E-state index contributed by atoms with van der Waals surface area (Å²) >= 11 is 3.38. The molecule has 3 rings (SSSR count). The van der Waals surface area contributed by atoms with Crippen LogP contribution in [0.3, 0.4) is 0 Å². The molecule has 0 radical (unpaired) electrons. The third kappa shape index (κ3) is 4.61. The number of aromatic carboxylic acids is 1. The number of anilines is 2. The van der Waals surface area contributed by atoms with Crippen molar-refractivity contribution >= 4 is 63.6 Å². The van der Waals surface area contributed by atoms with E-state index in [1.54, 1.807) is 25.1 Å². The summed E-state index contributed by atoms with van der Waals surface area (Å²) in [6, 6.07) is 5.77. The van der Waals surface area contributed by atoms with Crippen LogP contribution < -0.4 is 10.6 Å². The van der Waals surface area contributed by atoms with Crippen molar-refractivity contribution in [2.75, 3.05) is 16.8 Å². The van der Waals surface area contributed by atoms with E-state index >= 15 is 0 Å². The molecular weight excluding hydrogens is 545 g/mol. The molecule has 1 heterocycles. The second-order valence-corrected chi connectivity index (χ2v) is 9.36. The van der Waals surface area contributed by atoms with Gasteiger partial charge in [0.25, 0.3) is 5.91 Å². The zero-order valence-corrected chi connectivity index (χ0v) is 19.1. The van der Waals surface area contributed by atoms with Crippen molar-refractivity contribution in [2.45, 2.75) is 18.9 Å². The molecule has 2 aromatic rings. The Labute approximate surface area is 193 Å². The number of benzene rings is 2. The molecule has 164 valence electrons. The molecule has 1 amide bonds. The van der Waals surface area contributed by atoms with Crippen LogP contribution in [0.2, 0.25) is 0 Å². The molecule has 0 bridgehead atoms. The molecule has 0 spiro atoms. The summed E-state index contributed by atoms with van der Waals surface area (Å²) in [4.78, 5) is 36.0. The fourth-order valence-electron chi connectivity index (χ4n) is 3.15. The Morgan fingerprint density at radius 2 is 1.84 bits per heavy atom. The lowest BCUT2D eigenvalue weighted by Crippen LogP contribution is -2.55. The van der Waals surface area contributed by atoms with Gasteiger partial charge in [-0.3, -0.25) is 4.79 Å². The largest absolute Gasteiger partial charge is 0.479 e. The van der Waals surface area contributed by atoms with Gasteiger partial charge in [0.15, 0.2) is 11.6 Å². The normalized spacial score (nSPS) is 17.9. The minimum absolute atomic E-state index is 0.0652. The van der Waals surface area contributed by atoms with Gasteiger partial charge in [-0.05, 0) is 71.5 Å². The maximum Gasteiger partial charge on any atom is 0.337 e. The van der Waals surface area contributed by atoms with Gasteiger partial charge in [-0.2, -0.15) is 11.8 Å². The number of carbonyl (C=O) groups is 3. The minimum Gasteiger partial charge on any atom is -0.479 e. The number of carboxylic acids is 2. The summed E-state index contributed by atoms with van der Waals surface area (Å²) in [6.07, 6.45) is 0.111. The number of carboxylic acid groups (broad SMARTS) is 2. The lowest BCUT2D eigenvalue weighted by atomic mass is 9.97. The van der Waals surface area contributed by atoms with Gasteiger partial charge < -0.3 is 20.8 Å². The molecule has 0 aliphatic carbocycles. The van der Waals surface area contributed by atoms with Gasteiger partial charge in [-0.1, -0.05) is 0 Å². The highest BCUT2D eigenvalue weighted by molar-refractivity contribution is 14.1. The summed E-state index contributed by atoms with van der Waals surface area (Å²) in [5.41, 5.74) is -2.75. The Morgan fingerprint density at radius 1 is 1.13 bits per heavy atom. The molecular formula is C20H17F2IN2O5S. The second kappa shape index (κ2) is 8.99. The van der Waals surface area contributed by atoms with Crippen molar-refractivity contribution in [1.82, 2.24) is 5.32 Å². The van der Waals surface area contributed by atoms with E-state index in [2.05, 4.69) is 33.2 Å². The van der Waals surface area contributed by atoms with E-state index in [9.17, 15) is 33.4 Å². The smallest absolute Gasteiger partial charge is 0.337 e. The van der Waals surface area contributed by atoms with Crippen LogP contribution in [0.4, 0.5) is 20.2 Å². The first-order valence-corrected chi connectivity index (χ1v) is 11.2.